The molecule has 0 aromatic heterocycles. The lowest BCUT2D eigenvalue weighted by Gasteiger charge is -2.32. The number of benzene rings is 2. The fourth-order valence-corrected chi connectivity index (χ4v) is 6.21. The van der Waals surface area contributed by atoms with E-state index in [1.165, 1.54) is 0 Å². The maximum absolute atomic E-state index is 14.3. The molecule has 13 nitrogen and oxygen atoms in total. The molecule has 5 atom stereocenters. The second kappa shape index (κ2) is 16.2. The number of nitrogens with zero attached hydrogens (tertiary/aromatic N) is 4. The number of hydrogen-bond donors (Lipinski definition) is 3. The molecule has 2 aromatic rings. The Kier molecular flexibility index (Phi) is 12.1. The molecule has 252 valence electrons. The van der Waals surface area contributed by atoms with Crippen LogP contribution in [-0.4, -0.2) is 78.7 Å². The molecule has 2 heterocycles. The number of ether oxygens (including phenoxy) is 2. The van der Waals surface area contributed by atoms with E-state index in [1.54, 1.807) is 32.8 Å². The topological polar surface area (TPSA) is 175 Å². The monoisotopic (exact) mass is 647 g/mol. The third-order valence-corrected chi connectivity index (χ3v) is 8.51. The summed E-state index contributed by atoms with van der Waals surface area (Å²) in [6.07, 6.45) is 2.25. The van der Waals surface area contributed by atoms with Gasteiger partial charge in [-0.05, 0) is 87.6 Å². The zero-order valence-corrected chi connectivity index (χ0v) is 27.5. The highest BCUT2D eigenvalue weighted by Crippen LogP contribution is 2.34. The summed E-state index contributed by atoms with van der Waals surface area (Å²) in [6, 6.07) is 13.8. The molecule has 2 fully saturated rings. The van der Waals surface area contributed by atoms with Crippen molar-refractivity contribution in [2.75, 3.05) is 20.2 Å². The fourth-order valence-electron chi connectivity index (χ4n) is 6.21. The van der Waals surface area contributed by atoms with Crippen molar-refractivity contribution >= 4 is 23.8 Å². The summed E-state index contributed by atoms with van der Waals surface area (Å²) in [5.41, 5.74) is 10.1. The Morgan fingerprint density at radius 2 is 1.72 bits per heavy atom. The first-order chi connectivity index (χ1) is 22.5. The van der Waals surface area contributed by atoms with Gasteiger partial charge in [0.05, 0.1) is 7.11 Å². The van der Waals surface area contributed by atoms with Crippen molar-refractivity contribution in [1.29, 1.82) is 0 Å². The minimum atomic E-state index is -1.07. The lowest BCUT2D eigenvalue weighted by atomic mass is 9.93. The average molecular weight is 648 g/mol. The summed E-state index contributed by atoms with van der Waals surface area (Å²) in [7, 11) is 1.60. The van der Waals surface area contributed by atoms with E-state index in [1.807, 2.05) is 54.6 Å². The van der Waals surface area contributed by atoms with Crippen LogP contribution in [0.15, 0.2) is 59.7 Å². The van der Waals surface area contributed by atoms with E-state index in [0.29, 0.717) is 38.6 Å². The normalized spacial score (nSPS) is 21.4. The average Bonchev–Trinajstić information content (AvgIpc) is 3.42. The highest BCUT2D eigenvalue weighted by Gasteiger charge is 2.47. The van der Waals surface area contributed by atoms with E-state index < -0.39 is 47.6 Å². The van der Waals surface area contributed by atoms with Crippen LogP contribution in [-0.2, 0) is 32.0 Å². The summed E-state index contributed by atoms with van der Waals surface area (Å²) in [6.45, 7) is 5.56. The van der Waals surface area contributed by atoms with Gasteiger partial charge in [0, 0.05) is 30.5 Å². The highest BCUT2D eigenvalue weighted by atomic mass is 16.6. The Morgan fingerprint density at radius 3 is 2.38 bits per heavy atom. The molecule has 2 saturated heterocycles. The standard InChI is InChI=1S/C34H45N7O6/c1-34(2,3)47-33(45)38-27(20-23-8-6-5-7-9-23)30(42)39-29-24(21-37-40-35)12-13-25-14-17-28(41(25)32(29)44)31(43)36-19-18-22-10-15-26(46-4)16-11-22/h5-11,15-16,24-25,27-29H,12-14,17-21H2,1-4H3,(H,36,43)(H,38,45)(H,39,42)/t24-,25+,27-,28+,29+/m1/s1. The van der Waals surface area contributed by atoms with Crippen molar-refractivity contribution in [3.8, 4) is 5.75 Å². The molecule has 2 aromatic carbocycles. The Bertz CT molecular complexity index is 1440. The third kappa shape index (κ3) is 9.86. The molecule has 4 rings (SSSR count). The number of amides is 4. The van der Waals surface area contributed by atoms with Gasteiger partial charge in [-0.15, -0.1) is 0 Å². The summed E-state index contributed by atoms with van der Waals surface area (Å²) in [5, 5.41) is 12.3. The van der Waals surface area contributed by atoms with Crippen molar-refractivity contribution in [2.24, 2.45) is 11.0 Å². The molecule has 0 bridgehead atoms. The van der Waals surface area contributed by atoms with Gasteiger partial charge in [0.1, 0.15) is 29.5 Å². The lowest BCUT2D eigenvalue weighted by molar-refractivity contribution is -0.143. The number of methoxy groups -OCH3 is 1. The van der Waals surface area contributed by atoms with Crippen LogP contribution in [0.2, 0.25) is 0 Å². The van der Waals surface area contributed by atoms with Crippen molar-refractivity contribution < 1.29 is 28.7 Å². The van der Waals surface area contributed by atoms with Crippen LogP contribution in [0.3, 0.4) is 0 Å². The zero-order chi connectivity index (χ0) is 34.0. The van der Waals surface area contributed by atoms with E-state index in [9.17, 15) is 19.2 Å². The predicted octanol–water partition coefficient (Wildman–Crippen LogP) is 4.05. The van der Waals surface area contributed by atoms with Crippen molar-refractivity contribution in [1.82, 2.24) is 20.9 Å². The minimum absolute atomic E-state index is 0.00465. The summed E-state index contributed by atoms with van der Waals surface area (Å²) in [4.78, 5) is 58.8. The van der Waals surface area contributed by atoms with Crippen LogP contribution < -0.4 is 20.7 Å². The SMILES string of the molecule is COc1ccc(CCNC(=O)[C@@H]2CC[C@@H]3CC[C@H](CN=[N+]=[N-])[C@H](NC(=O)[C@@H](Cc4ccccc4)NC(=O)OC(C)(C)C)C(=O)N32)cc1. The molecule has 2 aliphatic heterocycles. The van der Waals surface area contributed by atoms with Crippen LogP contribution in [0.4, 0.5) is 4.79 Å². The molecule has 2 aliphatic rings. The molecule has 47 heavy (non-hydrogen) atoms. The second-order valence-electron chi connectivity index (χ2n) is 13.0. The van der Waals surface area contributed by atoms with E-state index in [4.69, 9.17) is 15.0 Å². The molecule has 0 aliphatic carbocycles. The van der Waals surface area contributed by atoms with Gasteiger partial charge in [0.2, 0.25) is 17.7 Å². The quantitative estimate of drug-likeness (QED) is 0.178. The Labute approximate surface area is 275 Å². The Morgan fingerprint density at radius 1 is 1.02 bits per heavy atom. The highest BCUT2D eigenvalue weighted by molar-refractivity contribution is 5.95. The molecule has 3 N–H and O–H groups in total. The smallest absolute Gasteiger partial charge is 0.408 e. The van der Waals surface area contributed by atoms with Gasteiger partial charge < -0.3 is 30.3 Å². The first-order valence-corrected chi connectivity index (χ1v) is 16.1. The zero-order valence-electron chi connectivity index (χ0n) is 27.5. The predicted molar refractivity (Wildman–Crippen MR) is 175 cm³/mol. The van der Waals surface area contributed by atoms with E-state index in [-0.39, 0.29) is 24.9 Å². The van der Waals surface area contributed by atoms with Crippen molar-refractivity contribution in [3.63, 3.8) is 0 Å². The third-order valence-electron chi connectivity index (χ3n) is 8.51. The first kappa shape index (κ1) is 35.1. The summed E-state index contributed by atoms with van der Waals surface area (Å²) >= 11 is 0. The van der Waals surface area contributed by atoms with E-state index in [2.05, 4.69) is 26.0 Å². The van der Waals surface area contributed by atoms with Crippen LogP contribution >= 0.6 is 0 Å². The number of hydrogen-bond acceptors (Lipinski definition) is 7. The Balaban J connectivity index is 1.51. The fraction of sp³-hybridized carbons (Fsp3) is 0.529. The molecule has 0 radical (unpaired) electrons. The van der Waals surface area contributed by atoms with Gasteiger partial charge in [0.15, 0.2) is 0 Å². The Hall–Kier alpha value is -4.77. The number of alkyl carbamates (subject to hydrolysis) is 1. The van der Waals surface area contributed by atoms with Crippen LogP contribution in [0.1, 0.15) is 57.6 Å². The number of azide groups is 1. The molecular formula is C34H45N7O6. The summed E-state index contributed by atoms with van der Waals surface area (Å²) < 4.78 is 10.6. The molecule has 13 heteroatoms. The number of nitrogens with one attached hydrogen (secondary N) is 3. The largest absolute Gasteiger partial charge is 0.497 e. The molecule has 0 spiro atoms. The number of carbonyl (C=O) groups is 4. The maximum atomic E-state index is 14.3. The maximum Gasteiger partial charge on any atom is 0.408 e. The number of carbonyl (C=O) groups excluding carboxylic acids is 4. The van der Waals surface area contributed by atoms with Crippen LogP contribution in [0.5, 0.6) is 5.75 Å². The minimum Gasteiger partial charge on any atom is -0.497 e. The van der Waals surface area contributed by atoms with Crippen LogP contribution in [0.25, 0.3) is 10.4 Å². The van der Waals surface area contributed by atoms with Gasteiger partial charge >= 0.3 is 6.09 Å². The van der Waals surface area contributed by atoms with Crippen molar-refractivity contribution in [3.05, 3.63) is 76.2 Å². The number of rotatable bonds is 12. The lowest BCUT2D eigenvalue weighted by Crippen LogP contribution is -2.59. The molecule has 0 saturated carbocycles. The van der Waals surface area contributed by atoms with Gasteiger partial charge in [0.25, 0.3) is 0 Å². The van der Waals surface area contributed by atoms with Gasteiger partial charge in [-0.1, -0.05) is 47.6 Å². The van der Waals surface area contributed by atoms with E-state index >= 15 is 0 Å². The van der Waals surface area contributed by atoms with Gasteiger partial charge in [-0.2, -0.15) is 0 Å². The second-order valence-corrected chi connectivity index (χ2v) is 13.0. The molecule has 4 amide bonds. The van der Waals surface area contributed by atoms with Gasteiger partial charge in [-0.3, -0.25) is 14.4 Å². The van der Waals surface area contributed by atoms with Crippen LogP contribution in [0, 0.1) is 5.92 Å². The number of fused-ring (bicyclic) bond motifs is 1. The molecular weight excluding hydrogens is 602 g/mol. The molecule has 0 unspecified atom stereocenters. The first-order valence-electron chi connectivity index (χ1n) is 16.1. The summed E-state index contributed by atoms with van der Waals surface area (Å²) in [5.74, 6) is -0.973. The van der Waals surface area contributed by atoms with E-state index in [0.717, 1.165) is 16.9 Å². The van der Waals surface area contributed by atoms with Gasteiger partial charge in [-0.25, -0.2) is 4.79 Å². The van der Waals surface area contributed by atoms with Crippen molar-refractivity contribution in [2.45, 2.75) is 89.1 Å².